The van der Waals surface area contributed by atoms with Gasteiger partial charge in [-0.2, -0.15) is 25.3 Å². The van der Waals surface area contributed by atoms with Crippen molar-refractivity contribution in [1.82, 2.24) is 0 Å². The molecule has 0 aromatic heterocycles. The summed E-state index contributed by atoms with van der Waals surface area (Å²) < 4.78 is 10.1. The molecule has 98 valence electrons. The first-order valence-electron chi connectivity index (χ1n) is 5.01. The van der Waals surface area contributed by atoms with Crippen molar-refractivity contribution in [3.8, 4) is 0 Å². The maximum absolute atomic E-state index is 9.37. The number of aliphatic hydroxyl groups is 3. The third-order valence-electron chi connectivity index (χ3n) is 1.66. The van der Waals surface area contributed by atoms with E-state index in [-0.39, 0.29) is 26.4 Å². The minimum atomic E-state index is -0.765. The van der Waals surface area contributed by atoms with E-state index in [1.807, 2.05) is 0 Å². The van der Waals surface area contributed by atoms with Crippen LogP contribution in [0, 0.1) is 0 Å². The number of hydrogen-bond donors (Lipinski definition) is 5. The van der Waals surface area contributed by atoms with Gasteiger partial charge in [-0.05, 0) is 0 Å². The molecule has 2 unspecified atom stereocenters. The van der Waals surface area contributed by atoms with E-state index in [1.165, 1.54) is 0 Å². The van der Waals surface area contributed by atoms with Crippen molar-refractivity contribution in [1.29, 1.82) is 0 Å². The zero-order valence-corrected chi connectivity index (χ0v) is 10.8. The molecule has 0 aromatic carbocycles. The SMILES string of the molecule is OC(CS)COCC(O)COCC(O)CS. The summed E-state index contributed by atoms with van der Waals surface area (Å²) in [6.45, 7) is 0.448. The number of aliphatic hydroxyl groups excluding tert-OH is 3. The third-order valence-corrected chi connectivity index (χ3v) is 2.51. The van der Waals surface area contributed by atoms with Crippen LogP contribution in [0.3, 0.4) is 0 Å². The zero-order valence-electron chi connectivity index (χ0n) is 9.03. The maximum atomic E-state index is 9.37. The van der Waals surface area contributed by atoms with E-state index in [2.05, 4.69) is 25.3 Å². The van der Waals surface area contributed by atoms with Gasteiger partial charge < -0.3 is 24.8 Å². The van der Waals surface area contributed by atoms with Crippen LogP contribution in [-0.4, -0.2) is 71.6 Å². The topological polar surface area (TPSA) is 79.2 Å². The van der Waals surface area contributed by atoms with Gasteiger partial charge in [-0.1, -0.05) is 0 Å². The Labute approximate surface area is 107 Å². The van der Waals surface area contributed by atoms with Crippen molar-refractivity contribution in [2.75, 3.05) is 37.9 Å². The van der Waals surface area contributed by atoms with Gasteiger partial charge in [0, 0.05) is 11.5 Å². The first kappa shape index (κ1) is 16.5. The van der Waals surface area contributed by atoms with E-state index >= 15 is 0 Å². The molecule has 0 amide bonds. The summed E-state index contributed by atoms with van der Waals surface area (Å²) in [5.41, 5.74) is 0. The molecule has 7 heteroatoms. The summed E-state index contributed by atoms with van der Waals surface area (Å²) in [5.74, 6) is 0.640. The van der Waals surface area contributed by atoms with E-state index in [0.29, 0.717) is 11.5 Å². The summed E-state index contributed by atoms with van der Waals surface area (Å²) >= 11 is 7.76. The first-order valence-corrected chi connectivity index (χ1v) is 6.28. The van der Waals surface area contributed by atoms with Crippen molar-refractivity contribution in [3.63, 3.8) is 0 Å². The molecule has 0 aliphatic carbocycles. The third kappa shape index (κ3) is 9.71. The van der Waals surface area contributed by atoms with Crippen LogP contribution in [0.1, 0.15) is 0 Å². The maximum Gasteiger partial charge on any atom is 0.101 e. The van der Waals surface area contributed by atoms with Crippen LogP contribution in [0.25, 0.3) is 0 Å². The second kappa shape index (κ2) is 10.6. The molecule has 0 saturated carbocycles. The molecule has 0 bridgehead atoms. The molecule has 0 heterocycles. The second-order valence-corrected chi connectivity index (χ2v) is 4.13. The van der Waals surface area contributed by atoms with Crippen molar-refractivity contribution in [2.24, 2.45) is 0 Å². The predicted octanol–water partition coefficient (Wildman–Crippen LogP) is -1.04. The fourth-order valence-electron chi connectivity index (χ4n) is 0.834. The molecular formula is C9H20O5S2. The highest BCUT2D eigenvalue weighted by molar-refractivity contribution is 7.80. The Morgan fingerprint density at radius 1 is 0.688 bits per heavy atom. The Balaban J connectivity index is 3.34. The lowest BCUT2D eigenvalue weighted by molar-refractivity contribution is -0.0472. The Morgan fingerprint density at radius 2 is 1.00 bits per heavy atom. The molecule has 16 heavy (non-hydrogen) atoms. The molecular weight excluding hydrogens is 252 g/mol. The molecule has 0 spiro atoms. The first-order chi connectivity index (χ1) is 7.60. The molecule has 0 saturated heterocycles. The normalized spacial score (nSPS) is 17.1. The molecule has 2 atom stereocenters. The summed E-state index contributed by atoms with van der Waals surface area (Å²) in [6, 6.07) is 0. The van der Waals surface area contributed by atoms with Gasteiger partial charge >= 0.3 is 0 Å². The number of ether oxygens (including phenoxy) is 2. The smallest absolute Gasteiger partial charge is 0.101 e. The lowest BCUT2D eigenvalue weighted by atomic mass is 10.4. The number of hydrogen-bond acceptors (Lipinski definition) is 7. The Kier molecular flexibility index (Phi) is 11.0. The summed E-state index contributed by atoms with van der Waals surface area (Å²) in [5, 5.41) is 27.6. The molecule has 0 aliphatic rings. The lowest BCUT2D eigenvalue weighted by Gasteiger charge is -2.14. The van der Waals surface area contributed by atoms with Crippen LogP contribution in [-0.2, 0) is 9.47 Å². The standard InChI is InChI=1S/C9H20O5S2/c10-7(1-13-3-8(11)5-15)2-14-4-9(12)6-16/h7-12,15-16H,1-6H2. The zero-order chi connectivity index (χ0) is 12.4. The van der Waals surface area contributed by atoms with Gasteiger partial charge in [0.15, 0.2) is 0 Å². The average Bonchev–Trinajstić information content (AvgIpc) is 2.28. The average molecular weight is 272 g/mol. The molecule has 0 aromatic rings. The highest BCUT2D eigenvalue weighted by atomic mass is 32.1. The van der Waals surface area contributed by atoms with Gasteiger partial charge in [0.2, 0.25) is 0 Å². The Morgan fingerprint density at radius 3 is 1.31 bits per heavy atom. The van der Waals surface area contributed by atoms with E-state index in [4.69, 9.17) is 19.7 Å². The fourth-order valence-corrected chi connectivity index (χ4v) is 1.04. The van der Waals surface area contributed by atoms with Crippen LogP contribution >= 0.6 is 25.3 Å². The predicted molar refractivity (Wildman–Crippen MR) is 67.4 cm³/mol. The summed E-state index contributed by atoms with van der Waals surface area (Å²) in [6.07, 6.45) is -2.01. The number of thiol groups is 2. The minimum absolute atomic E-state index is 0.0851. The molecule has 3 N–H and O–H groups in total. The van der Waals surface area contributed by atoms with Gasteiger partial charge in [-0.3, -0.25) is 0 Å². The molecule has 0 radical (unpaired) electrons. The largest absolute Gasteiger partial charge is 0.390 e. The van der Waals surface area contributed by atoms with Gasteiger partial charge in [0.05, 0.1) is 38.6 Å². The minimum Gasteiger partial charge on any atom is -0.390 e. The van der Waals surface area contributed by atoms with Gasteiger partial charge in [0.25, 0.3) is 0 Å². The quantitative estimate of drug-likeness (QED) is 0.328. The second-order valence-electron chi connectivity index (χ2n) is 3.40. The van der Waals surface area contributed by atoms with Crippen molar-refractivity contribution >= 4 is 25.3 Å². The Hall–Kier alpha value is 0.500. The highest BCUT2D eigenvalue weighted by Crippen LogP contribution is 1.94. The molecule has 5 nitrogen and oxygen atoms in total. The van der Waals surface area contributed by atoms with E-state index in [1.54, 1.807) is 0 Å². The summed E-state index contributed by atoms with van der Waals surface area (Å²) in [7, 11) is 0. The van der Waals surface area contributed by atoms with Crippen molar-refractivity contribution in [2.45, 2.75) is 18.3 Å². The van der Waals surface area contributed by atoms with Crippen molar-refractivity contribution in [3.05, 3.63) is 0 Å². The van der Waals surface area contributed by atoms with Gasteiger partial charge in [-0.15, -0.1) is 0 Å². The fraction of sp³-hybridized carbons (Fsp3) is 1.00. The van der Waals surface area contributed by atoms with Crippen LogP contribution in [0.5, 0.6) is 0 Å². The number of rotatable bonds is 10. The van der Waals surface area contributed by atoms with Gasteiger partial charge in [-0.25, -0.2) is 0 Å². The van der Waals surface area contributed by atoms with Crippen LogP contribution in [0.4, 0.5) is 0 Å². The highest BCUT2D eigenvalue weighted by Gasteiger charge is 2.08. The van der Waals surface area contributed by atoms with E-state index in [0.717, 1.165) is 0 Å². The van der Waals surface area contributed by atoms with E-state index < -0.39 is 18.3 Å². The monoisotopic (exact) mass is 272 g/mol. The molecule has 0 aliphatic heterocycles. The summed E-state index contributed by atoms with van der Waals surface area (Å²) in [4.78, 5) is 0. The molecule has 0 fully saturated rings. The lowest BCUT2D eigenvalue weighted by Crippen LogP contribution is -2.27. The van der Waals surface area contributed by atoms with E-state index in [9.17, 15) is 5.11 Å². The van der Waals surface area contributed by atoms with Crippen molar-refractivity contribution < 1.29 is 24.8 Å². The van der Waals surface area contributed by atoms with Crippen LogP contribution < -0.4 is 0 Å². The Bertz CT molecular complexity index is 145. The van der Waals surface area contributed by atoms with Crippen LogP contribution in [0.2, 0.25) is 0 Å². The molecule has 0 rings (SSSR count). The van der Waals surface area contributed by atoms with Gasteiger partial charge in [0.1, 0.15) is 6.10 Å². The van der Waals surface area contributed by atoms with Crippen LogP contribution in [0.15, 0.2) is 0 Å².